The summed E-state index contributed by atoms with van der Waals surface area (Å²) in [6, 6.07) is 0.613. The summed E-state index contributed by atoms with van der Waals surface area (Å²) in [6.07, 6.45) is 5.05. The summed E-state index contributed by atoms with van der Waals surface area (Å²) in [4.78, 5) is 2.21. The number of ether oxygens (including phenoxy) is 1. The van der Waals surface area contributed by atoms with Crippen LogP contribution in [0, 0.1) is 0 Å². The summed E-state index contributed by atoms with van der Waals surface area (Å²) in [7, 11) is 4.20. The summed E-state index contributed by atoms with van der Waals surface area (Å²) >= 11 is 0. The minimum absolute atomic E-state index is 0.140. The van der Waals surface area contributed by atoms with Crippen LogP contribution in [-0.2, 0) is 4.74 Å². The van der Waals surface area contributed by atoms with Crippen molar-refractivity contribution in [2.24, 2.45) is 0 Å². The molecule has 3 heteroatoms. The van der Waals surface area contributed by atoms with Gasteiger partial charge in [-0.3, -0.25) is 0 Å². The molecular weight excluding hydrogens is 224 g/mol. The fourth-order valence-electron chi connectivity index (χ4n) is 1.52. The van der Waals surface area contributed by atoms with Gasteiger partial charge in [-0.25, -0.2) is 0 Å². The van der Waals surface area contributed by atoms with E-state index in [0.717, 1.165) is 19.8 Å². The number of likely N-dealkylation sites (N-methyl/N-ethyl adjacent to an activating group) is 1. The zero-order valence-corrected chi connectivity index (χ0v) is 13.4. The summed E-state index contributed by atoms with van der Waals surface area (Å²) in [6.45, 7) is 11.7. The van der Waals surface area contributed by atoms with Crippen LogP contribution in [0.4, 0.5) is 0 Å². The lowest BCUT2D eigenvalue weighted by atomic mass is 10.1. The van der Waals surface area contributed by atoms with Crippen LogP contribution in [0.2, 0.25) is 0 Å². The van der Waals surface area contributed by atoms with Crippen LogP contribution in [0.3, 0.4) is 0 Å². The molecule has 0 bridgehead atoms. The van der Waals surface area contributed by atoms with E-state index in [1.807, 2.05) is 0 Å². The van der Waals surface area contributed by atoms with Crippen LogP contribution in [-0.4, -0.2) is 50.3 Å². The highest BCUT2D eigenvalue weighted by Crippen LogP contribution is 2.10. The van der Waals surface area contributed by atoms with Crippen LogP contribution >= 0.6 is 0 Å². The summed E-state index contributed by atoms with van der Waals surface area (Å²) in [5.74, 6) is 0. The largest absolute Gasteiger partial charge is 0.380 e. The Hall–Kier alpha value is -0.120. The van der Waals surface area contributed by atoms with Crippen LogP contribution in [0.15, 0.2) is 0 Å². The molecular formula is C15H34N2O. The highest BCUT2D eigenvalue weighted by atomic mass is 16.5. The smallest absolute Gasteiger partial charge is 0.0644 e. The average Bonchev–Trinajstić information content (AvgIpc) is 2.26. The fourth-order valence-corrected chi connectivity index (χ4v) is 1.52. The predicted octanol–water partition coefficient (Wildman–Crippen LogP) is 2.90. The average molecular weight is 258 g/mol. The van der Waals surface area contributed by atoms with Crippen molar-refractivity contribution >= 4 is 0 Å². The van der Waals surface area contributed by atoms with Gasteiger partial charge in [0.1, 0.15) is 0 Å². The Balaban J connectivity index is 3.26. The molecule has 0 saturated carbocycles. The first-order valence-electron chi connectivity index (χ1n) is 7.35. The number of nitrogens with one attached hydrogen (secondary N) is 1. The molecule has 0 aromatic heterocycles. The molecule has 3 nitrogen and oxygen atoms in total. The Bertz CT molecular complexity index is 191. The van der Waals surface area contributed by atoms with E-state index in [9.17, 15) is 0 Å². The van der Waals surface area contributed by atoms with E-state index in [2.05, 4.69) is 52.0 Å². The molecule has 1 N–H and O–H groups in total. The number of nitrogens with zero attached hydrogens (tertiary/aromatic N) is 1. The third kappa shape index (κ3) is 9.86. The molecule has 0 aromatic carbocycles. The minimum Gasteiger partial charge on any atom is -0.380 e. The third-order valence-corrected chi connectivity index (χ3v) is 3.43. The Morgan fingerprint density at radius 3 is 2.22 bits per heavy atom. The van der Waals surface area contributed by atoms with E-state index in [1.165, 1.54) is 25.7 Å². The first-order valence-corrected chi connectivity index (χ1v) is 7.35. The van der Waals surface area contributed by atoms with Crippen molar-refractivity contribution < 1.29 is 4.74 Å². The van der Waals surface area contributed by atoms with Gasteiger partial charge in [0.2, 0.25) is 0 Å². The zero-order chi connectivity index (χ0) is 14.0. The van der Waals surface area contributed by atoms with Crippen LogP contribution in [0.5, 0.6) is 0 Å². The SMILES string of the molecule is CC(C)NCCCCCCOCC(C)(C)N(C)C. The first kappa shape index (κ1) is 17.9. The van der Waals surface area contributed by atoms with E-state index in [-0.39, 0.29) is 5.54 Å². The van der Waals surface area contributed by atoms with Crippen molar-refractivity contribution in [3.8, 4) is 0 Å². The second kappa shape index (κ2) is 9.76. The standard InChI is InChI=1S/C15H34N2O/c1-14(2)16-11-9-7-8-10-12-18-13-15(3,4)17(5)6/h14,16H,7-13H2,1-6H3. The van der Waals surface area contributed by atoms with Gasteiger partial charge in [0, 0.05) is 18.2 Å². The van der Waals surface area contributed by atoms with Crippen molar-refractivity contribution in [2.75, 3.05) is 33.9 Å². The number of hydrogen-bond acceptors (Lipinski definition) is 3. The first-order chi connectivity index (χ1) is 8.36. The highest BCUT2D eigenvalue weighted by Gasteiger charge is 2.19. The van der Waals surface area contributed by atoms with Crippen LogP contribution < -0.4 is 5.32 Å². The molecule has 0 heterocycles. The molecule has 0 aliphatic heterocycles. The summed E-state index contributed by atoms with van der Waals surface area (Å²) in [5, 5.41) is 3.44. The molecule has 0 saturated heterocycles. The Kier molecular flexibility index (Phi) is 9.70. The van der Waals surface area contributed by atoms with Gasteiger partial charge in [0.15, 0.2) is 0 Å². The lowest BCUT2D eigenvalue weighted by molar-refractivity contribution is 0.0345. The van der Waals surface area contributed by atoms with Gasteiger partial charge in [-0.05, 0) is 47.3 Å². The van der Waals surface area contributed by atoms with Gasteiger partial charge in [-0.1, -0.05) is 26.7 Å². The third-order valence-electron chi connectivity index (χ3n) is 3.43. The number of rotatable bonds is 11. The maximum Gasteiger partial charge on any atom is 0.0644 e. The molecule has 0 unspecified atom stereocenters. The van der Waals surface area contributed by atoms with Gasteiger partial charge in [-0.15, -0.1) is 0 Å². The molecule has 18 heavy (non-hydrogen) atoms. The van der Waals surface area contributed by atoms with E-state index >= 15 is 0 Å². The number of hydrogen-bond donors (Lipinski definition) is 1. The predicted molar refractivity (Wildman–Crippen MR) is 80.2 cm³/mol. The van der Waals surface area contributed by atoms with Gasteiger partial charge >= 0.3 is 0 Å². The second-order valence-corrected chi connectivity index (χ2v) is 6.28. The van der Waals surface area contributed by atoms with E-state index in [1.54, 1.807) is 0 Å². The summed E-state index contributed by atoms with van der Waals surface area (Å²) < 4.78 is 5.75. The molecule has 0 aliphatic rings. The zero-order valence-electron chi connectivity index (χ0n) is 13.4. The lowest BCUT2D eigenvalue weighted by Gasteiger charge is -2.32. The Labute approximate surface area is 114 Å². The van der Waals surface area contributed by atoms with Gasteiger partial charge < -0.3 is 15.0 Å². The lowest BCUT2D eigenvalue weighted by Crippen LogP contribution is -2.42. The van der Waals surface area contributed by atoms with Crippen molar-refractivity contribution in [3.63, 3.8) is 0 Å². The second-order valence-electron chi connectivity index (χ2n) is 6.28. The van der Waals surface area contributed by atoms with Crippen molar-refractivity contribution in [1.82, 2.24) is 10.2 Å². The molecule has 0 aromatic rings. The molecule has 0 aliphatic carbocycles. The minimum atomic E-state index is 0.140. The molecule has 0 amide bonds. The van der Waals surface area contributed by atoms with E-state index in [0.29, 0.717) is 6.04 Å². The van der Waals surface area contributed by atoms with E-state index in [4.69, 9.17) is 4.74 Å². The van der Waals surface area contributed by atoms with E-state index < -0.39 is 0 Å². The normalized spacial score (nSPS) is 12.7. The topological polar surface area (TPSA) is 24.5 Å². The Morgan fingerprint density at radius 2 is 1.67 bits per heavy atom. The molecule has 0 radical (unpaired) electrons. The molecule has 0 atom stereocenters. The maximum atomic E-state index is 5.75. The van der Waals surface area contributed by atoms with Crippen LogP contribution in [0.25, 0.3) is 0 Å². The summed E-state index contributed by atoms with van der Waals surface area (Å²) in [5.41, 5.74) is 0.140. The van der Waals surface area contributed by atoms with Crippen molar-refractivity contribution in [1.29, 1.82) is 0 Å². The maximum absolute atomic E-state index is 5.75. The molecule has 0 rings (SSSR count). The highest BCUT2D eigenvalue weighted by molar-refractivity contribution is 4.75. The Morgan fingerprint density at radius 1 is 1.06 bits per heavy atom. The molecule has 110 valence electrons. The van der Waals surface area contributed by atoms with Gasteiger partial charge in [0.25, 0.3) is 0 Å². The van der Waals surface area contributed by atoms with Gasteiger partial charge in [-0.2, -0.15) is 0 Å². The quantitative estimate of drug-likeness (QED) is 0.577. The van der Waals surface area contributed by atoms with Crippen LogP contribution in [0.1, 0.15) is 53.4 Å². The van der Waals surface area contributed by atoms with Crippen molar-refractivity contribution in [2.45, 2.75) is 65.0 Å². The monoisotopic (exact) mass is 258 g/mol. The van der Waals surface area contributed by atoms with Gasteiger partial charge in [0.05, 0.1) is 6.61 Å². The molecule has 0 fully saturated rings. The fraction of sp³-hybridized carbons (Fsp3) is 1.00. The number of unbranched alkanes of at least 4 members (excludes halogenated alkanes) is 3. The molecule has 0 spiro atoms. The van der Waals surface area contributed by atoms with Crippen molar-refractivity contribution in [3.05, 3.63) is 0 Å².